The van der Waals surface area contributed by atoms with Crippen LogP contribution in [0.3, 0.4) is 0 Å². The maximum atomic E-state index is 12.3. The summed E-state index contributed by atoms with van der Waals surface area (Å²) in [4.78, 5) is 3.94. The van der Waals surface area contributed by atoms with E-state index in [1.54, 1.807) is 0 Å². The van der Waals surface area contributed by atoms with Gasteiger partial charge in [0.15, 0.2) is 0 Å². The van der Waals surface area contributed by atoms with Gasteiger partial charge in [0.25, 0.3) is 0 Å². The zero-order chi connectivity index (χ0) is 13.9. The highest BCUT2D eigenvalue weighted by atomic mass is 32.2. The lowest BCUT2D eigenvalue weighted by molar-refractivity contribution is 0.495. The van der Waals surface area contributed by atoms with Gasteiger partial charge < -0.3 is 5.43 Å². The molecule has 7 heteroatoms. The van der Waals surface area contributed by atoms with Gasteiger partial charge in [0.2, 0.25) is 10.0 Å². The molecule has 1 aromatic rings. The summed E-state index contributed by atoms with van der Waals surface area (Å²) in [6.07, 6.45) is 6.90. The molecule has 0 saturated heterocycles. The molecule has 1 fully saturated rings. The number of hydrogen-bond acceptors (Lipinski definition) is 5. The Kier molecular flexibility index (Phi) is 4.38. The first-order valence-electron chi connectivity index (χ1n) is 6.49. The van der Waals surface area contributed by atoms with Gasteiger partial charge in [-0.2, -0.15) is 0 Å². The Labute approximate surface area is 113 Å². The Morgan fingerprint density at radius 3 is 2.84 bits per heavy atom. The Hall–Kier alpha value is -1.18. The maximum Gasteiger partial charge on any atom is 0.244 e. The maximum absolute atomic E-state index is 12.3. The summed E-state index contributed by atoms with van der Waals surface area (Å²) < 4.78 is 27.4. The van der Waals surface area contributed by atoms with E-state index in [-0.39, 0.29) is 10.9 Å². The van der Waals surface area contributed by atoms with Gasteiger partial charge in [0, 0.05) is 18.4 Å². The fraction of sp³-hybridized carbons (Fsp3) is 0.583. The third-order valence-electron chi connectivity index (χ3n) is 3.36. The number of sulfonamides is 1. The van der Waals surface area contributed by atoms with Crippen LogP contribution in [0, 0.1) is 5.92 Å². The lowest BCUT2D eigenvalue weighted by Crippen LogP contribution is -2.35. The predicted octanol–water partition coefficient (Wildman–Crippen LogP) is 1.22. The summed E-state index contributed by atoms with van der Waals surface area (Å²) >= 11 is 0. The molecule has 0 amide bonds. The summed E-state index contributed by atoms with van der Waals surface area (Å²) in [7, 11) is -3.59. The van der Waals surface area contributed by atoms with Crippen LogP contribution in [0.4, 0.5) is 5.69 Å². The van der Waals surface area contributed by atoms with E-state index >= 15 is 0 Å². The van der Waals surface area contributed by atoms with Crippen LogP contribution in [0.1, 0.15) is 32.6 Å². The fourth-order valence-electron chi connectivity index (χ4n) is 2.05. The van der Waals surface area contributed by atoms with Crippen molar-refractivity contribution < 1.29 is 8.42 Å². The molecule has 4 N–H and O–H groups in total. The highest BCUT2D eigenvalue weighted by molar-refractivity contribution is 7.89. The predicted molar refractivity (Wildman–Crippen MR) is 73.8 cm³/mol. The molecular weight excluding hydrogens is 264 g/mol. The number of rotatable bonds is 7. The van der Waals surface area contributed by atoms with Gasteiger partial charge in [-0.25, -0.2) is 13.1 Å². The van der Waals surface area contributed by atoms with Crippen molar-refractivity contribution >= 4 is 15.7 Å². The van der Waals surface area contributed by atoms with Crippen molar-refractivity contribution in [3.63, 3.8) is 0 Å². The van der Waals surface area contributed by atoms with Crippen LogP contribution in [-0.4, -0.2) is 19.4 Å². The lowest BCUT2D eigenvalue weighted by atomic mass is 10.1. The normalized spacial score (nSPS) is 17.2. The van der Waals surface area contributed by atoms with E-state index in [0.717, 1.165) is 12.8 Å². The first kappa shape index (κ1) is 14.2. The molecular formula is C12H20N4O2S. The smallest absolute Gasteiger partial charge is 0.244 e. The van der Waals surface area contributed by atoms with Gasteiger partial charge in [0.1, 0.15) is 4.90 Å². The zero-order valence-corrected chi connectivity index (χ0v) is 11.8. The van der Waals surface area contributed by atoms with Crippen LogP contribution in [0.15, 0.2) is 23.4 Å². The van der Waals surface area contributed by atoms with E-state index in [1.165, 1.54) is 31.3 Å². The number of aromatic nitrogens is 1. The summed E-state index contributed by atoms with van der Waals surface area (Å²) in [5.74, 6) is 6.01. The number of nitrogen functional groups attached to an aromatic ring is 1. The van der Waals surface area contributed by atoms with Crippen LogP contribution >= 0.6 is 0 Å². The Bertz CT molecular complexity index is 528. The van der Waals surface area contributed by atoms with Crippen LogP contribution < -0.4 is 16.0 Å². The molecule has 19 heavy (non-hydrogen) atoms. The highest BCUT2D eigenvalue weighted by Gasteiger charge is 2.28. The van der Waals surface area contributed by atoms with E-state index < -0.39 is 10.0 Å². The van der Waals surface area contributed by atoms with Gasteiger partial charge in [-0.05, 0) is 24.8 Å². The van der Waals surface area contributed by atoms with Crippen molar-refractivity contribution in [2.75, 3.05) is 5.43 Å². The number of hydrogen-bond donors (Lipinski definition) is 3. The minimum absolute atomic E-state index is 0.0247. The second-order valence-electron chi connectivity index (χ2n) is 4.92. The average Bonchev–Trinajstić information content (AvgIpc) is 3.21. The molecule has 1 atom stereocenters. The first-order chi connectivity index (χ1) is 9.06. The van der Waals surface area contributed by atoms with Crippen molar-refractivity contribution in [2.24, 2.45) is 11.8 Å². The molecule has 0 aliphatic heterocycles. The summed E-state index contributed by atoms with van der Waals surface area (Å²) in [6, 6.07) is 1.51. The second kappa shape index (κ2) is 5.85. The second-order valence-corrected chi connectivity index (χ2v) is 6.60. The standard InChI is InChI=1S/C12H20N4O2S/c1-2-10(7-9-3-4-9)16-19(17,18)12-8-14-6-5-11(12)15-13/h5-6,8-10,16H,2-4,7,13H2,1H3,(H,14,15). The average molecular weight is 284 g/mol. The number of hydrazine groups is 1. The molecule has 0 radical (unpaired) electrons. The van der Waals surface area contributed by atoms with Crippen LogP contribution in [0.2, 0.25) is 0 Å². The molecule has 0 bridgehead atoms. The Morgan fingerprint density at radius 2 is 2.26 bits per heavy atom. The third kappa shape index (κ3) is 3.65. The van der Waals surface area contributed by atoms with Crippen molar-refractivity contribution in [3.05, 3.63) is 18.5 Å². The van der Waals surface area contributed by atoms with E-state index in [2.05, 4.69) is 15.1 Å². The van der Waals surface area contributed by atoms with Crippen LogP contribution in [0.5, 0.6) is 0 Å². The van der Waals surface area contributed by atoms with Crippen molar-refractivity contribution in [2.45, 2.75) is 43.5 Å². The molecule has 2 rings (SSSR count). The molecule has 106 valence electrons. The van der Waals surface area contributed by atoms with E-state index in [0.29, 0.717) is 11.6 Å². The van der Waals surface area contributed by atoms with Crippen molar-refractivity contribution in [3.8, 4) is 0 Å². The molecule has 1 saturated carbocycles. The van der Waals surface area contributed by atoms with Gasteiger partial charge in [0.05, 0.1) is 5.69 Å². The van der Waals surface area contributed by atoms with Gasteiger partial charge in [-0.15, -0.1) is 0 Å². The number of pyridine rings is 1. The minimum atomic E-state index is -3.59. The molecule has 1 heterocycles. The third-order valence-corrected chi connectivity index (χ3v) is 4.91. The topological polar surface area (TPSA) is 97.1 Å². The Morgan fingerprint density at radius 1 is 1.53 bits per heavy atom. The largest absolute Gasteiger partial charge is 0.323 e. The molecule has 0 aromatic carbocycles. The van der Waals surface area contributed by atoms with Crippen molar-refractivity contribution in [1.29, 1.82) is 0 Å². The van der Waals surface area contributed by atoms with Crippen LogP contribution in [0.25, 0.3) is 0 Å². The van der Waals surface area contributed by atoms with E-state index in [9.17, 15) is 8.42 Å². The van der Waals surface area contributed by atoms with Crippen LogP contribution in [-0.2, 0) is 10.0 Å². The fourth-order valence-corrected chi connectivity index (χ4v) is 3.50. The monoisotopic (exact) mass is 284 g/mol. The number of anilines is 1. The van der Waals surface area contributed by atoms with Gasteiger partial charge in [-0.3, -0.25) is 10.8 Å². The van der Waals surface area contributed by atoms with E-state index in [1.807, 2.05) is 6.92 Å². The number of nitrogens with two attached hydrogens (primary N) is 1. The number of nitrogens with zero attached hydrogens (tertiary/aromatic N) is 1. The Balaban J connectivity index is 2.15. The summed E-state index contributed by atoms with van der Waals surface area (Å²) in [6.45, 7) is 1.99. The highest BCUT2D eigenvalue weighted by Crippen LogP contribution is 2.34. The zero-order valence-electron chi connectivity index (χ0n) is 11.0. The van der Waals surface area contributed by atoms with Gasteiger partial charge >= 0.3 is 0 Å². The first-order valence-corrected chi connectivity index (χ1v) is 7.98. The molecule has 1 aliphatic carbocycles. The summed E-state index contributed by atoms with van der Waals surface area (Å²) in [5, 5.41) is 0. The molecule has 6 nitrogen and oxygen atoms in total. The molecule has 1 aliphatic rings. The van der Waals surface area contributed by atoms with Crippen molar-refractivity contribution in [1.82, 2.24) is 9.71 Å². The molecule has 0 spiro atoms. The molecule has 1 aromatic heterocycles. The van der Waals surface area contributed by atoms with E-state index in [4.69, 9.17) is 5.84 Å². The minimum Gasteiger partial charge on any atom is -0.323 e. The SMILES string of the molecule is CCC(CC1CC1)NS(=O)(=O)c1cnccc1NN. The molecule has 1 unspecified atom stereocenters. The summed E-state index contributed by atoms with van der Waals surface area (Å²) in [5.41, 5.74) is 2.74. The quantitative estimate of drug-likeness (QED) is 0.517. The number of nitrogens with one attached hydrogen (secondary N) is 2. The van der Waals surface area contributed by atoms with Gasteiger partial charge in [-0.1, -0.05) is 19.8 Å². The lowest BCUT2D eigenvalue weighted by Gasteiger charge is -2.17.